The number of hydrogen-bond acceptors (Lipinski definition) is 2. The Bertz CT molecular complexity index is 667. The number of carbonyl (C=O) groups is 1. The van der Waals surface area contributed by atoms with E-state index in [2.05, 4.69) is 6.07 Å². The fourth-order valence-electron chi connectivity index (χ4n) is 1.85. The Morgan fingerprint density at radius 1 is 1.11 bits per heavy atom. The molecule has 0 radical (unpaired) electrons. The van der Waals surface area contributed by atoms with Gasteiger partial charge in [0.05, 0.1) is 5.56 Å². The topological polar surface area (TPSA) is 61.1 Å². The first kappa shape index (κ1) is 12.6. The Balaban J connectivity index is 2.56. The van der Waals surface area contributed by atoms with Crippen LogP contribution in [0, 0.1) is 11.3 Å². The van der Waals surface area contributed by atoms with Crippen LogP contribution in [0.3, 0.4) is 0 Å². The molecule has 0 heterocycles. The highest BCUT2D eigenvalue weighted by Gasteiger charge is 2.07. The standard InChI is InChI=1S/C16H11NO2/c17-11-15-13(9-10-16(18)19)7-4-8-14(15)12-5-2-1-3-6-12/h1-10H,(H,18,19)/b10-9+. The first-order valence-corrected chi connectivity index (χ1v) is 5.72. The predicted molar refractivity (Wildman–Crippen MR) is 73.3 cm³/mol. The lowest BCUT2D eigenvalue weighted by Crippen LogP contribution is -1.90. The van der Waals surface area contributed by atoms with Crippen molar-refractivity contribution < 1.29 is 9.90 Å². The van der Waals surface area contributed by atoms with Crippen molar-refractivity contribution in [3.8, 4) is 17.2 Å². The molecule has 1 N–H and O–H groups in total. The molecule has 0 aliphatic carbocycles. The summed E-state index contributed by atoms with van der Waals surface area (Å²) in [5, 5.41) is 17.9. The lowest BCUT2D eigenvalue weighted by atomic mass is 9.96. The SMILES string of the molecule is N#Cc1c(/C=C/C(=O)O)cccc1-c1ccccc1. The Hall–Kier alpha value is -2.86. The summed E-state index contributed by atoms with van der Waals surface area (Å²) in [5.41, 5.74) is 2.82. The summed E-state index contributed by atoms with van der Waals surface area (Å²) in [6.45, 7) is 0. The second-order valence-electron chi connectivity index (χ2n) is 3.92. The van der Waals surface area contributed by atoms with Gasteiger partial charge in [-0.05, 0) is 17.2 Å². The summed E-state index contributed by atoms with van der Waals surface area (Å²) in [6, 6.07) is 17.1. The molecule has 0 spiro atoms. The first-order valence-electron chi connectivity index (χ1n) is 5.72. The fourth-order valence-corrected chi connectivity index (χ4v) is 1.85. The van der Waals surface area contributed by atoms with Crippen molar-refractivity contribution in [2.24, 2.45) is 0 Å². The lowest BCUT2D eigenvalue weighted by molar-refractivity contribution is -0.131. The minimum Gasteiger partial charge on any atom is -0.478 e. The zero-order valence-corrected chi connectivity index (χ0v) is 10.1. The number of benzene rings is 2. The second-order valence-corrected chi connectivity index (χ2v) is 3.92. The molecular weight excluding hydrogens is 238 g/mol. The maximum absolute atomic E-state index is 10.6. The average molecular weight is 249 g/mol. The van der Waals surface area contributed by atoms with Gasteiger partial charge in [-0.2, -0.15) is 5.26 Å². The van der Waals surface area contributed by atoms with Crippen molar-refractivity contribution in [2.75, 3.05) is 0 Å². The van der Waals surface area contributed by atoms with Crippen LogP contribution in [0.25, 0.3) is 17.2 Å². The molecule has 0 amide bonds. The van der Waals surface area contributed by atoms with Gasteiger partial charge in [0.25, 0.3) is 0 Å². The van der Waals surface area contributed by atoms with Gasteiger partial charge in [-0.15, -0.1) is 0 Å². The molecule has 0 atom stereocenters. The van der Waals surface area contributed by atoms with E-state index < -0.39 is 5.97 Å². The van der Waals surface area contributed by atoms with Crippen molar-refractivity contribution >= 4 is 12.0 Å². The molecule has 0 aliphatic heterocycles. The molecular formula is C16H11NO2. The number of nitrogens with zero attached hydrogens (tertiary/aromatic N) is 1. The van der Waals surface area contributed by atoms with Crippen molar-refractivity contribution in [1.29, 1.82) is 5.26 Å². The molecule has 0 aliphatic rings. The van der Waals surface area contributed by atoms with Gasteiger partial charge in [-0.25, -0.2) is 4.79 Å². The molecule has 0 aromatic heterocycles. The third-order valence-electron chi connectivity index (χ3n) is 2.70. The monoisotopic (exact) mass is 249 g/mol. The lowest BCUT2D eigenvalue weighted by Gasteiger charge is -2.06. The summed E-state index contributed by atoms with van der Waals surface area (Å²) < 4.78 is 0. The van der Waals surface area contributed by atoms with Gasteiger partial charge < -0.3 is 5.11 Å². The third-order valence-corrected chi connectivity index (χ3v) is 2.70. The molecule has 19 heavy (non-hydrogen) atoms. The Morgan fingerprint density at radius 3 is 2.47 bits per heavy atom. The zero-order chi connectivity index (χ0) is 13.7. The van der Waals surface area contributed by atoms with Gasteiger partial charge in [-0.3, -0.25) is 0 Å². The number of nitriles is 1. The van der Waals surface area contributed by atoms with Crippen LogP contribution in [0.1, 0.15) is 11.1 Å². The second kappa shape index (κ2) is 5.65. The van der Waals surface area contributed by atoms with Crippen molar-refractivity contribution in [1.82, 2.24) is 0 Å². The summed E-state index contributed by atoms with van der Waals surface area (Å²) >= 11 is 0. The molecule has 3 nitrogen and oxygen atoms in total. The summed E-state index contributed by atoms with van der Waals surface area (Å²) in [7, 11) is 0. The van der Waals surface area contributed by atoms with Crippen LogP contribution < -0.4 is 0 Å². The normalized spacial score (nSPS) is 10.3. The van der Waals surface area contributed by atoms with Crippen LogP contribution >= 0.6 is 0 Å². The smallest absolute Gasteiger partial charge is 0.328 e. The highest BCUT2D eigenvalue weighted by molar-refractivity contribution is 5.87. The van der Waals surface area contributed by atoms with Crippen LogP contribution in [0.15, 0.2) is 54.6 Å². The highest BCUT2D eigenvalue weighted by atomic mass is 16.4. The first-order chi connectivity index (χ1) is 9.22. The molecule has 2 rings (SSSR count). The van der Waals surface area contributed by atoms with Crippen LogP contribution in [0.4, 0.5) is 0 Å². The minimum absolute atomic E-state index is 0.478. The molecule has 0 bridgehead atoms. The van der Waals surface area contributed by atoms with Gasteiger partial charge in [0, 0.05) is 11.6 Å². The zero-order valence-electron chi connectivity index (χ0n) is 10.1. The average Bonchev–Trinajstić information content (AvgIpc) is 2.45. The molecule has 0 saturated heterocycles. The maximum atomic E-state index is 10.6. The van der Waals surface area contributed by atoms with Crippen LogP contribution in [0.5, 0.6) is 0 Å². The molecule has 3 heteroatoms. The molecule has 0 fully saturated rings. The summed E-state index contributed by atoms with van der Waals surface area (Å²) in [4.78, 5) is 10.6. The Labute approximate surface area is 111 Å². The van der Waals surface area contributed by atoms with Gasteiger partial charge in [0.1, 0.15) is 6.07 Å². The van der Waals surface area contributed by atoms with Crippen molar-refractivity contribution in [2.45, 2.75) is 0 Å². The molecule has 92 valence electrons. The van der Waals surface area contributed by atoms with E-state index in [4.69, 9.17) is 5.11 Å². The molecule has 2 aromatic carbocycles. The summed E-state index contributed by atoms with van der Waals surface area (Å²) in [5.74, 6) is -1.03. The fraction of sp³-hybridized carbons (Fsp3) is 0. The van der Waals surface area contributed by atoms with Crippen LogP contribution in [0.2, 0.25) is 0 Å². The van der Waals surface area contributed by atoms with Gasteiger partial charge in [0.15, 0.2) is 0 Å². The Morgan fingerprint density at radius 2 is 1.84 bits per heavy atom. The van der Waals surface area contributed by atoms with E-state index in [-0.39, 0.29) is 0 Å². The van der Waals surface area contributed by atoms with Crippen LogP contribution in [-0.4, -0.2) is 11.1 Å². The minimum atomic E-state index is -1.03. The highest BCUT2D eigenvalue weighted by Crippen LogP contribution is 2.26. The van der Waals surface area contributed by atoms with Gasteiger partial charge >= 0.3 is 5.97 Å². The molecule has 0 unspecified atom stereocenters. The van der Waals surface area contributed by atoms with E-state index >= 15 is 0 Å². The molecule has 2 aromatic rings. The van der Waals surface area contributed by atoms with Crippen LogP contribution in [-0.2, 0) is 4.79 Å². The maximum Gasteiger partial charge on any atom is 0.328 e. The third kappa shape index (κ3) is 2.88. The van der Waals surface area contributed by atoms with E-state index in [1.807, 2.05) is 42.5 Å². The quantitative estimate of drug-likeness (QED) is 0.849. The number of carboxylic acid groups (broad SMARTS) is 1. The van der Waals surface area contributed by atoms with Gasteiger partial charge in [-0.1, -0.05) is 48.5 Å². The summed E-state index contributed by atoms with van der Waals surface area (Å²) in [6.07, 6.45) is 2.47. The Kier molecular flexibility index (Phi) is 3.75. The van der Waals surface area contributed by atoms with Gasteiger partial charge in [0.2, 0.25) is 0 Å². The van der Waals surface area contributed by atoms with Crippen molar-refractivity contribution in [3.63, 3.8) is 0 Å². The predicted octanol–water partition coefficient (Wildman–Crippen LogP) is 3.32. The largest absolute Gasteiger partial charge is 0.478 e. The van der Waals surface area contributed by atoms with E-state index in [0.29, 0.717) is 11.1 Å². The number of rotatable bonds is 3. The van der Waals surface area contributed by atoms with E-state index in [1.54, 1.807) is 6.07 Å². The van der Waals surface area contributed by atoms with E-state index in [1.165, 1.54) is 6.08 Å². The van der Waals surface area contributed by atoms with E-state index in [9.17, 15) is 10.1 Å². The number of hydrogen-bond donors (Lipinski definition) is 1. The number of aliphatic carboxylic acids is 1. The number of carboxylic acids is 1. The van der Waals surface area contributed by atoms with E-state index in [0.717, 1.165) is 17.2 Å². The van der Waals surface area contributed by atoms with Crippen molar-refractivity contribution in [3.05, 3.63) is 65.7 Å². The molecule has 0 saturated carbocycles.